The van der Waals surface area contributed by atoms with Gasteiger partial charge in [-0.25, -0.2) is 17.6 Å². The van der Waals surface area contributed by atoms with Crippen molar-refractivity contribution in [3.05, 3.63) is 64.4 Å². The van der Waals surface area contributed by atoms with E-state index in [9.17, 15) is 22.4 Å². The summed E-state index contributed by atoms with van der Waals surface area (Å²) in [5.41, 5.74) is 6.51. The largest absolute Gasteiger partial charge is 0.473 e. The van der Waals surface area contributed by atoms with Crippen LogP contribution >= 0.6 is 0 Å². The zero-order chi connectivity index (χ0) is 24.6. The number of carbonyl (C=O) groups excluding carboxylic acids is 1. The molecule has 0 radical (unpaired) electrons. The zero-order valence-electron chi connectivity index (χ0n) is 18.9. The van der Waals surface area contributed by atoms with E-state index in [1.807, 2.05) is 0 Å². The molecule has 1 amide bonds. The van der Waals surface area contributed by atoms with Crippen LogP contribution in [0.25, 0.3) is 5.52 Å². The van der Waals surface area contributed by atoms with E-state index in [4.69, 9.17) is 10.5 Å². The Kier molecular flexibility index (Phi) is 6.53. The Balaban J connectivity index is 1.66. The highest BCUT2D eigenvalue weighted by molar-refractivity contribution is 6.02. The molecule has 0 aliphatic heterocycles. The Morgan fingerprint density at radius 1 is 1.29 bits per heavy atom. The van der Waals surface area contributed by atoms with Crippen LogP contribution in [0, 0.1) is 18.6 Å². The van der Waals surface area contributed by atoms with Gasteiger partial charge in [0.15, 0.2) is 0 Å². The van der Waals surface area contributed by atoms with Gasteiger partial charge in [-0.1, -0.05) is 6.07 Å². The first kappa shape index (κ1) is 24.0. The maximum absolute atomic E-state index is 14.0. The van der Waals surface area contributed by atoms with Gasteiger partial charge in [-0.15, -0.1) is 0 Å². The topological polar surface area (TPSA) is 81.7 Å². The lowest BCUT2D eigenvalue weighted by Crippen LogP contribution is -2.49. The third-order valence-corrected chi connectivity index (χ3v) is 5.76. The lowest BCUT2D eigenvalue weighted by Gasteiger charge is -2.24. The molecule has 0 bridgehead atoms. The van der Waals surface area contributed by atoms with E-state index in [2.05, 4.69) is 10.4 Å². The van der Waals surface area contributed by atoms with Crippen molar-refractivity contribution >= 4 is 11.4 Å². The van der Waals surface area contributed by atoms with Gasteiger partial charge in [0.1, 0.15) is 18.2 Å². The Labute approximate surface area is 194 Å². The molecular formula is C24H26F4N4O2. The highest BCUT2D eigenvalue weighted by Crippen LogP contribution is 2.42. The van der Waals surface area contributed by atoms with Crippen LogP contribution < -0.4 is 15.8 Å². The average molecular weight is 478 g/mol. The molecule has 6 nitrogen and oxygen atoms in total. The third-order valence-electron chi connectivity index (χ3n) is 5.76. The van der Waals surface area contributed by atoms with E-state index in [0.29, 0.717) is 16.8 Å². The van der Waals surface area contributed by atoms with Crippen molar-refractivity contribution in [2.24, 2.45) is 5.73 Å². The van der Waals surface area contributed by atoms with Crippen LogP contribution in [-0.2, 0) is 6.61 Å². The van der Waals surface area contributed by atoms with Gasteiger partial charge in [-0.3, -0.25) is 4.79 Å². The summed E-state index contributed by atoms with van der Waals surface area (Å²) in [5, 5.41) is 7.25. The molecule has 0 spiro atoms. The third kappa shape index (κ3) is 5.16. The number of aromatic nitrogens is 2. The number of carbonyl (C=O) groups is 1. The Hall–Kier alpha value is -3.14. The number of benzene rings is 1. The van der Waals surface area contributed by atoms with Crippen LogP contribution in [0.1, 0.15) is 59.3 Å². The van der Waals surface area contributed by atoms with Crippen molar-refractivity contribution in [1.29, 1.82) is 0 Å². The number of fused-ring (bicyclic) bond motifs is 1. The molecule has 1 unspecified atom stereocenters. The van der Waals surface area contributed by atoms with E-state index in [1.165, 1.54) is 17.5 Å². The van der Waals surface area contributed by atoms with E-state index >= 15 is 0 Å². The number of alkyl halides is 2. The summed E-state index contributed by atoms with van der Waals surface area (Å²) < 4.78 is 60.8. The molecule has 2 heterocycles. The van der Waals surface area contributed by atoms with E-state index in [1.54, 1.807) is 19.1 Å². The summed E-state index contributed by atoms with van der Waals surface area (Å²) in [5.74, 6) is -1.61. The molecule has 2 aromatic heterocycles. The van der Waals surface area contributed by atoms with Crippen molar-refractivity contribution in [2.45, 2.75) is 57.6 Å². The molecular weight excluding hydrogens is 452 g/mol. The van der Waals surface area contributed by atoms with Gasteiger partial charge in [0.25, 0.3) is 5.91 Å². The fraction of sp³-hybridized carbons (Fsp3) is 0.417. The average Bonchev–Trinajstić information content (AvgIpc) is 3.51. The van der Waals surface area contributed by atoms with Crippen LogP contribution in [0.4, 0.5) is 17.6 Å². The SMILES string of the molecule is Cc1cc(OCc2c(F)cccc2F)n2nc(C3CC3)c(C(=O)NCC(C)(N)CC(F)F)c2c1. The number of aryl methyl sites for hydroxylation is 1. The van der Waals surface area contributed by atoms with Crippen LogP contribution in [0.2, 0.25) is 0 Å². The Morgan fingerprint density at radius 2 is 1.97 bits per heavy atom. The van der Waals surface area contributed by atoms with Crippen LogP contribution in [-0.4, -0.2) is 34.0 Å². The predicted octanol–water partition coefficient (Wildman–Crippen LogP) is 4.48. The number of nitrogens with zero attached hydrogens (tertiary/aromatic N) is 2. The fourth-order valence-electron chi connectivity index (χ4n) is 3.85. The number of pyridine rings is 1. The number of ether oxygens (including phenoxy) is 1. The molecule has 182 valence electrons. The first-order chi connectivity index (χ1) is 16.1. The molecule has 1 aliphatic carbocycles. The molecule has 4 rings (SSSR count). The number of rotatable bonds is 9. The number of hydrogen-bond acceptors (Lipinski definition) is 4. The highest BCUT2D eigenvalue weighted by Gasteiger charge is 2.34. The molecule has 1 aliphatic rings. The molecule has 1 atom stereocenters. The standard InChI is InChI=1S/C24H26F4N4O2/c1-13-8-18-21(23(33)30-12-24(2,29)10-19(27)28)22(14-6-7-14)31-32(18)20(9-13)34-11-15-16(25)4-3-5-17(15)26/h3-5,8-9,14,19H,6-7,10-12,29H2,1-2H3,(H,30,33). The summed E-state index contributed by atoms with van der Waals surface area (Å²) >= 11 is 0. The predicted molar refractivity (Wildman–Crippen MR) is 118 cm³/mol. The van der Waals surface area contributed by atoms with Crippen molar-refractivity contribution in [3.63, 3.8) is 0 Å². The second-order valence-electron chi connectivity index (χ2n) is 9.12. The minimum atomic E-state index is -2.59. The molecule has 0 saturated heterocycles. The number of amides is 1. The normalized spacial score (nSPS) is 15.5. The van der Waals surface area contributed by atoms with Gasteiger partial charge in [0.2, 0.25) is 12.3 Å². The minimum absolute atomic E-state index is 0.0862. The smallest absolute Gasteiger partial charge is 0.255 e. The van der Waals surface area contributed by atoms with Gasteiger partial charge in [-0.2, -0.15) is 9.61 Å². The maximum Gasteiger partial charge on any atom is 0.255 e. The lowest BCUT2D eigenvalue weighted by molar-refractivity contribution is 0.0897. The van der Waals surface area contributed by atoms with Crippen LogP contribution in [0.15, 0.2) is 30.3 Å². The number of nitrogens with two attached hydrogens (primary N) is 1. The molecule has 10 heteroatoms. The highest BCUT2D eigenvalue weighted by atomic mass is 19.3. The van der Waals surface area contributed by atoms with Crippen LogP contribution in [0.5, 0.6) is 5.88 Å². The van der Waals surface area contributed by atoms with Gasteiger partial charge in [-0.05, 0) is 50.5 Å². The second kappa shape index (κ2) is 9.25. The summed E-state index contributed by atoms with van der Waals surface area (Å²) in [6.45, 7) is 2.74. The van der Waals surface area contributed by atoms with Gasteiger partial charge in [0, 0.05) is 30.5 Å². The summed E-state index contributed by atoms with van der Waals surface area (Å²) in [4.78, 5) is 13.1. The number of hydrogen-bond donors (Lipinski definition) is 2. The quantitative estimate of drug-likeness (QED) is 0.445. The van der Waals surface area contributed by atoms with Gasteiger partial charge < -0.3 is 15.8 Å². The maximum atomic E-state index is 14.0. The molecule has 3 aromatic rings. The summed E-state index contributed by atoms with van der Waals surface area (Å²) in [6, 6.07) is 6.98. The van der Waals surface area contributed by atoms with Crippen LogP contribution in [0.3, 0.4) is 0 Å². The van der Waals surface area contributed by atoms with Crippen molar-refractivity contribution in [2.75, 3.05) is 6.54 Å². The van der Waals surface area contributed by atoms with Crippen molar-refractivity contribution in [1.82, 2.24) is 14.9 Å². The number of nitrogens with one attached hydrogen (secondary N) is 1. The van der Waals surface area contributed by atoms with Crippen molar-refractivity contribution in [3.8, 4) is 5.88 Å². The van der Waals surface area contributed by atoms with Gasteiger partial charge >= 0.3 is 0 Å². The Bertz CT molecular complexity index is 1200. The molecule has 1 saturated carbocycles. The first-order valence-corrected chi connectivity index (χ1v) is 11.0. The molecule has 1 fully saturated rings. The minimum Gasteiger partial charge on any atom is -0.473 e. The first-order valence-electron chi connectivity index (χ1n) is 11.0. The molecule has 3 N–H and O–H groups in total. The molecule has 34 heavy (non-hydrogen) atoms. The fourth-order valence-corrected chi connectivity index (χ4v) is 3.85. The second-order valence-corrected chi connectivity index (χ2v) is 9.12. The monoisotopic (exact) mass is 478 g/mol. The van der Waals surface area contributed by atoms with E-state index in [-0.39, 0.29) is 30.5 Å². The number of halogens is 4. The summed E-state index contributed by atoms with van der Waals surface area (Å²) in [7, 11) is 0. The van der Waals surface area contributed by atoms with Crippen molar-refractivity contribution < 1.29 is 27.1 Å². The summed E-state index contributed by atoms with van der Waals surface area (Å²) in [6.07, 6.45) is -1.42. The van der Waals surface area contributed by atoms with E-state index < -0.39 is 35.9 Å². The zero-order valence-corrected chi connectivity index (χ0v) is 18.9. The Morgan fingerprint density at radius 3 is 2.59 bits per heavy atom. The van der Waals surface area contributed by atoms with Gasteiger partial charge in [0.05, 0.1) is 22.3 Å². The molecule has 1 aromatic carbocycles. The van der Waals surface area contributed by atoms with E-state index in [0.717, 1.165) is 30.5 Å². The lowest BCUT2D eigenvalue weighted by atomic mass is 9.99.